The third-order valence-electron chi connectivity index (χ3n) is 4.17. The number of aryl methyl sites for hydroxylation is 1. The van der Waals surface area contributed by atoms with Crippen molar-refractivity contribution in [2.75, 3.05) is 19.8 Å². The fourth-order valence-electron chi connectivity index (χ4n) is 2.77. The van der Waals surface area contributed by atoms with E-state index in [1.165, 1.54) is 12.1 Å². The lowest BCUT2D eigenvalue weighted by molar-refractivity contribution is 0.185. The third kappa shape index (κ3) is 3.91. The molecule has 1 aliphatic rings. The Labute approximate surface area is 140 Å². The highest BCUT2D eigenvalue weighted by Crippen LogP contribution is 2.20. The zero-order valence-electron chi connectivity index (χ0n) is 13.5. The van der Waals surface area contributed by atoms with Gasteiger partial charge in [0.15, 0.2) is 0 Å². The molecule has 1 aromatic heterocycles. The van der Waals surface area contributed by atoms with Crippen LogP contribution in [0.4, 0.5) is 9.18 Å². The Morgan fingerprint density at radius 1 is 1.46 bits per heavy atom. The molecule has 0 bridgehead atoms. The molecule has 128 valence electrons. The molecule has 2 aromatic rings. The van der Waals surface area contributed by atoms with Gasteiger partial charge < -0.3 is 19.9 Å². The number of rotatable bonds is 5. The molecule has 0 saturated carbocycles. The molecule has 6 nitrogen and oxygen atoms in total. The lowest BCUT2D eigenvalue weighted by Gasteiger charge is -2.20. The Balaban J connectivity index is 1.71. The maximum atomic E-state index is 13.2. The number of ether oxygens (including phenoxy) is 1. The van der Waals surface area contributed by atoms with Crippen LogP contribution in [0, 0.1) is 11.7 Å². The number of amides is 2. The molecule has 1 aromatic carbocycles. The molecule has 2 amide bonds. The summed E-state index contributed by atoms with van der Waals surface area (Å²) in [5.41, 5.74) is 0.769. The summed E-state index contributed by atoms with van der Waals surface area (Å²) in [5.74, 6) is 0.720. The summed E-state index contributed by atoms with van der Waals surface area (Å²) in [6.45, 7) is 2.00. The summed E-state index contributed by atoms with van der Waals surface area (Å²) in [5, 5.41) is 5.80. The van der Waals surface area contributed by atoms with Crippen LogP contribution in [0.3, 0.4) is 0 Å². The number of imidazole rings is 1. The quantitative estimate of drug-likeness (QED) is 0.880. The van der Waals surface area contributed by atoms with Gasteiger partial charge in [0.05, 0.1) is 6.61 Å². The molecular formula is C17H21FN4O2. The van der Waals surface area contributed by atoms with Gasteiger partial charge in [0.2, 0.25) is 0 Å². The number of nitrogens with zero attached hydrogens (tertiary/aromatic N) is 2. The van der Waals surface area contributed by atoms with E-state index >= 15 is 0 Å². The van der Waals surface area contributed by atoms with E-state index in [9.17, 15) is 9.18 Å². The van der Waals surface area contributed by atoms with E-state index in [2.05, 4.69) is 15.6 Å². The maximum absolute atomic E-state index is 13.2. The van der Waals surface area contributed by atoms with E-state index in [1.54, 1.807) is 24.5 Å². The van der Waals surface area contributed by atoms with E-state index in [0.717, 1.165) is 18.6 Å². The lowest BCUT2D eigenvalue weighted by Crippen LogP contribution is -2.41. The fourth-order valence-corrected chi connectivity index (χ4v) is 2.77. The largest absolute Gasteiger partial charge is 0.381 e. The van der Waals surface area contributed by atoms with Crippen LogP contribution >= 0.6 is 0 Å². The van der Waals surface area contributed by atoms with E-state index in [1.807, 2.05) is 11.6 Å². The average Bonchev–Trinajstić information content (AvgIpc) is 3.23. The van der Waals surface area contributed by atoms with Crippen LogP contribution in [0.15, 0.2) is 36.7 Å². The predicted molar refractivity (Wildman–Crippen MR) is 86.9 cm³/mol. The number of nitrogens with one attached hydrogen (secondary N) is 2. The van der Waals surface area contributed by atoms with Gasteiger partial charge in [0.25, 0.3) is 0 Å². The number of urea groups is 1. The molecule has 2 heterocycles. The summed E-state index contributed by atoms with van der Waals surface area (Å²) in [7, 11) is 1.86. The first-order valence-electron chi connectivity index (χ1n) is 7.98. The molecule has 0 radical (unpaired) electrons. The Bertz CT molecular complexity index is 680. The number of halogens is 1. The van der Waals surface area contributed by atoms with Crippen LogP contribution in [0.1, 0.15) is 23.9 Å². The molecule has 0 aliphatic carbocycles. The van der Waals surface area contributed by atoms with Crippen molar-refractivity contribution in [2.45, 2.75) is 12.5 Å². The second kappa shape index (κ2) is 7.44. The maximum Gasteiger partial charge on any atom is 0.315 e. The molecule has 7 heteroatoms. The van der Waals surface area contributed by atoms with Gasteiger partial charge >= 0.3 is 6.03 Å². The summed E-state index contributed by atoms with van der Waals surface area (Å²) < 4.78 is 20.3. The van der Waals surface area contributed by atoms with Crippen LogP contribution in [0.2, 0.25) is 0 Å². The van der Waals surface area contributed by atoms with Gasteiger partial charge in [-0.3, -0.25) is 0 Å². The summed E-state index contributed by atoms with van der Waals surface area (Å²) in [6.07, 6.45) is 4.43. The van der Waals surface area contributed by atoms with Gasteiger partial charge in [0, 0.05) is 38.5 Å². The second-order valence-corrected chi connectivity index (χ2v) is 5.96. The molecule has 3 rings (SSSR count). The van der Waals surface area contributed by atoms with Gasteiger partial charge in [-0.2, -0.15) is 0 Å². The standard InChI is InChI=1S/C17H21FN4O2/c1-22-8-7-19-16(22)15(13-2-4-14(18)5-3-13)21-17(23)20-10-12-6-9-24-11-12/h2-5,7-8,12,15H,6,9-11H2,1H3,(H2,20,21,23)/t12-,15-/m0/s1. The Morgan fingerprint density at radius 2 is 2.25 bits per heavy atom. The molecular weight excluding hydrogens is 311 g/mol. The molecule has 24 heavy (non-hydrogen) atoms. The van der Waals surface area contributed by atoms with Crippen molar-refractivity contribution in [3.63, 3.8) is 0 Å². The first-order valence-corrected chi connectivity index (χ1v) is 7.98. The highest BCUT2D eigenvalue weighted by atomic mass is 19.1. The van der Waals surface area contributed by atoms with Crippen LogP contribution < -0.4 is 10.6 Å². The van der Waals surface area contributed by atoms with Crippen LogP contribution in [0.5, 0.6) is 0 Å². The summed E-state index contributed by atoms with van der Waals surface area (Å²) >= 11 is 0. The minimum Gasteiger partial charge on any atom is -0.381 e. The van der Waals surface area contributed by atoms with E-state index < -0.39 is 6.04 Å². The topological polar surface area (TPSA) is 68.2 Å². The number of hydrogen-bond acceptors (Lipinski definition) is 3. The van der Waals surface area contributed by atoms with E-state index in [4.69, 9.17) is 4.74 Å². The van der Waals surface area contributed by atoms with Gasteiger partial charge in [-0.1, -0.05) is 12.1 Å². The smallest absolute Gasteiger partial charge is 0.315 e. The van der Waals surface area contributed by atoms with E-state index in [-0.39, 0.29) is 11.8 Å². The first-order chi connectivity index (χ1) is 11.6. The number of hydrogen-bond donors (Lipinski definition) is 2. The van der Waals surface area contributed by atoms with Crippen LogP contribution in [-0.2, 0) is 11.8 Å². The molecule has 0 unspecified atom stereocenters. The van der Waals surface area contributed by atoms with Crippen LogP contribution in [-0.4, -0.2) is 35.3 Å². The summed E-state index contributed by atoms with van der Waals surface area (Å²) in [4.78, 5) is 16.6. The highest BCUT2D eigenvalue weighted by molar-refractivity contribution is 5.74. The summed E-state index contributed by atoms with van der Waals surface area (Å²) in [6, 6.07) is 5.32. The Kier molecular flexibility index (Phi) is 5.10. The SMILES string of the molecule is Cn1ccnc1[C@@H](NC(=O)NC[C@@H]1CCOC1)c1ccc(F)cc1. The molecule has 1 fully saturated rings. The molecule has 2 atom stereocenters. The van der Waals surface area contributed by atoms with Crippen molar-refractivity contribution in [3.05, 3.63) is 53.9 Å². The normalized spacial score (nSPS) is 18.3. The zero-order chi connectivity index (χ0) is 16.9. The van der Waals surface area contributed by atoms with Gasteiger partial charge in [-0.25, -0.2) is 14.2 Å². The lowest BCUT2D eigenvalue weighted by atomic mass is 10.1. The number of carbonyl (C=O) groups excluding carboxylic acids is 1. The molecule has 0 spiro atoms. The number of benzene rings is 1. The van der Waals surface area contributed by atoms with Gasteiger partial charge in [0.1, 0.15) is 17.7 Å². The minimum absolute atomic E-state index is 0.278. The van der Waals surface area contributed by atoms with Crippen molar-refractivity contribution < 1.29 is 13.9 Å². The highest BCUT2D eigenvalue weighted by Gasteiger charge is 2.22. The third-order valence-corrected chi connectivity index (χ3v) is 4.17. The minimum atomic E-state index is -0.453. The van der Waals surface area contributed by atoms with Crippen molar-refractivity contribution in [3.8, 4) is 0 Å². The Hall–Kier alpha value is -2.41. The number of aromatic nitrogens is 2. The molecule has 2 N–H and O–H groups in total. The zero-order valence-corrected chi connectivity index (χ0v) is 13.5. The average molecular weight is 332 g/mol. The molecule has 1 saturated heterocycles. The first kappa shape index (κ1) is 16.4. The van der Waals surface area contributed by atoms with E-state index in [0.29, 0.717) is 24.9 Å². The van der Waals surface area contributed by atoms with Gasteiger partial charge in [-0.15, -0.1) is 0 Å². The number of carbonyl (C=O) groups is 1. The van der Waals surface area contributed by atoms with Crippen molar-refractivity contribution in [2.24, 2.45) is 13.0 Å². The van der Waals surface area contributed by atoms with Crippen molar-refractivity contribution in [1.82, 2.24) is 20.2 Å². The van der Waals surface area contributed by atoms with Crippen LogP contribution in [0.25, 0.3) is 0 Å². The fraction of sp³-hybridized carbons (Fsp3) is 0.412. The van der Waals surface area contributed by atoms with Crippen molar-refractivity contribution in [1.29, 1.82) is 0 Å². The monoisotopic (exact) mass is 332 g/mol. The molecule has 1 aliphatic heterocycles. The second-order valence-electron chi connectivity index (χ2n) is 5.96. The van der Waals surface area contributed by atoms with Crippen molar-refractivity contribution >= 4 is 6.03 Å². The predicted octanol–water partition coefficient (Wildman–Crippen LogP) is 1.98. The van der Waals surface area contributed by atoms with Gasteiger partial charge in [-0.05, 0) is 24.1 Å². The Morgan fingerprint density at radius 3 is 2.88 bits per heavy atom.